The fourth-order valence-corrected chi connectivity index (χ4v) is 3.38. The zero-order valence-electron chi connectivity index (χ0n) is 15.8. The number of carbonyl (C=O) groups excluding carboxylic acids is 4. The molecule has 1 aromatic rings. The topological polar surface area (TPSA) is 96.5 Å². The van der Waals surface area contributed by atoms with E-state index in [0.717, 1.165) is 19.3 Å². The van der Waals surface area contributed by atoms with Crippen molar-refractivity contribution in [3.8, 4) is 0 Å². The number of likely N-dealkylation sites (tertiary alicyclic amines) is 1. The van der Waals surface area contributed by atoms with E-state index in [1.165, 1.54) is 18.7 Å². The van der Waals surface area contributed by atoms with Crippen LogP contribution in [0.1, 0.15) is 71.6 Å². The lowest BCUT2D eigenvalue weighted by Crippen LogP contribution is -2.38. The molecular formula is C19H26N2O5. The lowest BCUT2D eigenvalue weighted by molar-refractivity contribution is -0.151. The van der Waals surface area contributed by atoms with Crippen LogP contribution in [0.5, 0.6) is 0 Å². The van der Waals surface area contributed by atoms with Crippen molar-refractivity contribution in [3.05, 3.63) is 22.5 Å². The second-order valence-electron chi connectivity index (χ2n) is 6.80. The van der Waals surface area contributed by atoms with Crippen molar-refractivity contribution in [2.75, 3.05) is 13.1 Å². The number of aromatic nitrogens is 1. The molecule has 2 heterocycles. The number of nitrogens with zero attached hydrogens (tertiary/aromatic N) is 1. The highest BCUT2D eigenvalue weighted by molar-refractivity contribution is 6.05. The fourth-order valence-electron chi connectivity index (χ4n) is 3.38. The van der Waals surface area contributed by atoms with Crippen molar-refractivity contribution < 1.29 is 23.9 Å². The predicted molar refractivity (Wildman–Crippen MR) is 95.2 cm³/mol. The van der Waals surface area contributed by atoms with Crippen LogP contribution in [0.4, 0.5) is 0 Å². The number of esters is 1. The lowest BCUT2D eigenvalue weighted by Gasteiger charge is -2.20. The van der Waals surface area contributed by atoms with E-state index in [9.17, 15) is 19.2 Å². The summed E-state index contributed by atoms with van der Waals surface area (Å²) in [7, 11) is 0. The average Bonchev–Trinajstić information content (AvgIpc) is 2.71. The highest BCUT2D eigenvalue weighted by atomic mass is 16.5. The first-order chi connectivity index (χ1) is 12.2. The largest absolute Gasteiger partial charge is 0.453 e. The van der Waals surface area contributed by atoms with Crippen LogP contribution < -0.4 is 0 Å². The van der Waals surface area contributed by atoms with E-state index >= 15 is 0 Å². The van der Waals surface area contributed by atoms with E-state index in [1.807, 2.05) is 0 Å². The first-order valence-corrected chi connectivity index (χ1v) is 8.94. The number of aromatic amines is 1. The van der Waals surface area contributed by atoms with Gasteiger partial charge in [-0.15, -0.1) is 0 Å². The van der Waals surface area contributed by atoms with E-state index < -0.39 is 17.9 Å². The molecular weight excluding hydrogens is 336 g/mol. The van der Waals surface area contributed by atoms with Crippen molar-refractivity contribution in [1.82, 2.24) is 9.88 Å². The molecule has 1 aromatic heterocycles. The molecule has 1 amide bonds. The number of hydrogen-bond donors (Lipinski definition) is 1. The zero-order valence-corrected chi connectivity index (χ0v) is 15.8. The number of H-pyrrole nitrogens is 1. The molecule has 1 fully saturated rings. The fraction of sp³-hybridized carbons (Fsp3) is 0.579. The van der Waals surface area contributed by atoms with Crippen LogP contribution in [-0.2, 0) is 14.3 Å². The van der Waals surface area contributed by atoms with E-state index in [4.69, 9.17) is 4.74 Å². The van der Waals surface area contributed by atoms with Crippen LogP contribution in [0.3, 0.4) is 0 Å². The van der Waals surface area contributed by atoms with Gasteiger partial charge in [-0.25, -0.2) is 0 Å². The van der Waals surface area contributed by atoms with Crippen molar-refractivity contribution in [2.45, 2.75) is 59.5 Å². The summed E-state index contributed by atoms with van der Waals surface area (Å²) >= 11 is 0. The maximum atomic E-state index is 12.6. The van der Waals surface area contributed by atoms with E-state index in [-0.39, 0.29) is 23.9 Å². The van der Waals surface area contributed by atoms with E-state index in [0.29, 0.717) is 29.8 Å². The zero-order chi connectivity index (χ0) is 19.4. The monoisotopic (exact) mass is 362 g/mol. The van der Waals surface area contributed by atoms with Gasteiger partial charge in [0, 0.05) is 24.2 Å². The summed E-state index contributed by atoms with van der Waals surface area (Å²) in [5.74, 6) is -1.18. The molecule has 1 aliphatic heterocycles. The molecule has 0 aromatic carbocycles. The maximum absolute atomic E-state index is 12.6. The molecule has 2 rings (SSSR count). The van der Waals surface area contributed by atoms with Gasteiger partial charge >= 0.3 is 5.97 Å². The third kappa shape index (κ3) is 4.39. The number of ketones is 2. The first kappa shape index (κ1) is 19.9. The van der Waals surface area contributed by atoms with Crippen molar-refractivity contribution in [1.29, 1.82) is 0 Å². The maximum Gasteiger partial charge on any atom is 0.326 e. The van der Waals surface area contributed by atoms with Crippen LogP contribution in [0.2, 0.25) is 0 Å². The summed E-state index contributed by atoms with van der Waals surface area (Å²) < 4.78 is 5.24. The van der Waals surface area contributed by atoms with Crippen LogP contribution in [0.15, 0.2) is 0 Å². The molecule has 7 heteroatoms. The van der Waals surface area contributed by atoms with Gasteiger partial charge < -0.3 is 14.6 Å². The van der Waals surface area contributed by atoms with Crippen molar-refractivity contribution in [2.24, 2.45) is 0 Å². The van der Waals surface area contributed by atoms with Gasteiger partial charge in [0.25, 0.3) is 0 Å². The molecule has 0 aliphatic carbocycles. The van der Waals surface area contributed by atoms with Gasteiger partial charge in [0.05, 0.1) is 5.69 Å². The Labute approximate surface area is 153 Å². The first-order valence-electron chi connectivity index (χ1n) is 8.94. The standard InChI is InChI=1S/C19H26N2O5/c1-11-17(13(3)22)12(2)20-18(11)19(25)14(4)26-16(24)10-21-9-7-5-6-8-15(21)23/h14,20H,5-10H2,1-4H3/t14-/m0/s1. The normalized spacial score (nSPS) is 16.2. The van der Waals surface area contributed by atoms with Crippen LogP contribution in [-0.4, -0.2) is 52.5 Å². The second-order valence-corrected chi connectivity index (χ2v) is 6.80. The minimum atomic E-state index is -0.999. The second kappa shape index (κ2) is 8.29. The molecule has 26 heavy (non-hydrogen) atoms. The smallest absolute Gasteiger partial charge is 0.326 e. The van der Waals surface area contributed by atoms with Crippen molar-refractivity contribution >= 4 is 23.4 Å². The Hall–Kier alpha value is -2.44. The number of hydrogen-bond acceptors (Lipinski definition) is 5. The van der Waals surface area contributed by atoms with Crippen molar-refractivity contribution in [3.63, 3.8) is 0 Å². The number of aryl methyl sites for hydroxylation is 1. The molecule has 0 spiro atoms. The highest BCUT2D eigenvalue weighted by Gasteiger charge is 2.27. The highest BCUT2D eigenvalue weighted by Crippen LogP contribution is 2.20. The Bertz CT molecular complexity index is 735. The quantitative estimate of drug-likeness (QED) is 0.619. The SMILES string of the molecule is CC(=O)c1c(C)[nH]c(C(=O)[C@H](C)OC(=O)CN2CCCCCC2=O)c1C. The van der Waals surface area contributed by atoms with Gasteiger partial charge in [0.15, 0.2) is 11.9 Å². The molecule has 0 radical (unpaired) electrons. The predicted octanol–water partition coefficient (Wildman–Crippen LogP) is 2.35. The lowest BCUT2D eigenvalue weighted by atomic mass is 10.0. The minimum absolute atomic E-state index is 0.0552. The Morgan fingerprint density at radius 1 is 1.19 bits per heavy atom. The molecule has 0 unspecified atom stereocenters. The van der Waals surface area contributed by atoms with Gasteiger partial charge in [-0.1, -0.05) is 6.42 Å². The van der Waals surface area contributed by atoms with Crippen LogP contribution >= 0.6 is 0 Å². The van der Waals surface area contributed by atoms with Gasteiger partial charge in [-0.2, -0.15) is 0 Å². The van der Waals surface area contributed by atoms with Gasteiger partial charge in [-0.3, -0.25) is 19.2 Å². The summed E-state index contributed by atoms with van der Waals surface area (Å²) in [6.07, 6.45) is 2.11. The Kier molecular flexibility index (Phi) is 6.34. The van der Waals surface area contributed by atoms with E-state index in [1.54, 1.807) is 13.8 Å². The molecule has 1 aliphatic rings. The van der Waals surface area contributed by atoms with Crippen LogP contribution in [0, 0.1) is 13.8 Å². The number of nitrogens with one attached hydrogen (secondary N) is 1. The average molecular weight is 362 g/mol. The van der Waals surface area contributed by atoms with Gasteiger partial charge in [0.1, 0.15) is 6.54 Å². The third-order valence-electron chi connectivity index (χ3n) is 4.70. The van der Waals surface area contributed by atoms with E-state index in [2.05, 4.69) is 4.98 Å². The van der Waals surface area contributed by atoms with Gasteiger partial charge in [-0.05, 0) is 46.1 Å². The number of ether oxygens (including phenoxy) is 1. The Morgan fingerprint density at radius 3 is 2.50 bits per heavy atom. The minimum Gasteiger partial charge on any atom is -0.453 e. The van der Waals surface area contributed by atoms with Crippen LogP contribution in [0.25, 0.3) is 0 Å². The summed E-state index contributed by atoms with van der Waals surface area (Å²) in [6, 6.07) is 0. The number of rotatable bonds is 6. The van der Waals surface area contributed by atoms with Gasteiger partial charge in [0.2, 0.25) is 11.7 Å². The number of Topliss-reactive ketones (excluding diaryl/α,β-unsaturated/α-hetero) is 2. The Morgan fingerprint density at radius 2 is 1.88 bits per heavy atom. The summed E-state index contributed by atoms with van der Waals surface area (Å²) in [6.45, 7) is 6.75. The number of carbonyl (C=O) groups is 4. The third-order valence-corrected chi connectivity index (χ3v) is 4.70. The molecule has 1 N–H and O–H groups in total. The summed E-state index contributed by atoms with van der Waals surface area (Å²) in [4.78, 5) is 52.8. The molecule has 1 atom stereocenters. The Balaban J connectivity index is 2.02. The molecule has 142 valence electrons. The molecule has 0 bridgehead atoms. The number of amides is 1. The summed E-state index contributed by atoms with van der Waals surface area (Å²) in [5, 5.41) is 0. The molecule has 7 nitrogen and oxygen atoms in total. The summed E-state index contributed by atoms with van der Waals surface area (Å²) in [5.41, 5.74) is 1.94. The molecule has 0 saturated carbocycles. The molecule has 1 saturated heterocycles.